The van der Waals surface area contributed by atoms with Crippen LogP contribution in [0.1, 0.15) is 33.1 Å². The Balaban J connectivity index is 0.00000324. The SMILES string of the molecule is CCC(C)C(O)CNC(=O)C1(OC)CCNCC1.Cl. The van der Waals surface area contributed by atoms with E-state index in [1.807, 2.05) is 13.8 Å². The van der Waals surface area contributed by atoms with Gasteiger partial charge in [-0.2, -0.15) is 0 Å². The number of nitrogens with one attached hydrogen (secondary N) is 2. The number of rotatable bonds is 6. The summed E-state index contributed by atoms with van der Waals surface area (Å²) < 4.78 is 5.43. The van der Waals surface area contributed by atoms with Crippen LogP contribution in [0.2, 0.25) is 0 Å². The largest absolute Gasteiger partial charge is 0.391 e. The summed E-state index contributed by atoms with van der Waals surface area (Å²) in [5, 5.41) is 15.9. The highest BCUT2D eigenvalue weighted by atomic mass is 35.5. The van der Waals surface area contributed by atoms with Gasteiger partial charge in [-0.1, -0.05) is 20.3 Å². The van der Waals surface area contributed by atoms with Crippen molar-refractivity contribution in [2.45, 2.75) is 44.8 Å². The lowest BCUT2D eigenvalue weighted by atomic mass is 9.91. The van der Waals surface area contributed by atoms with Crippen molar-refractivity contribution < 1.29 is 14.6 Å². The minimum atomic E-state index is -0.722. The number of ether oxygens (including phenoxy) is 1. The average molecular weight is 295 g/mol. The number of aliphatic hydroxyl groups is 1. The fourth-order valence-electron chi connectivity index (χ4n) is 2.19. The third-order valence-electron chi connectivity index (χ3n) is 3.99. The first-order valence-electron chi connectivity index (χ1n) is 6.78. The number of hydrogen-bond acceptors (Lipinski definition) is 4. The van der Waals surface area contributed by atoms with Crippen molar-refractivity contribution in [3.63, 3.8) is 0 Å². The Bertz CT molecular complexity index is 271. The van der Waals surface area contributed by atoms with Crippen LogP contribution >= 0.6 is 12.4 Å². The van der Waals surface area contributed by atoms with E-state index in [0.717, 1.165) is 19.5 Å². The molecule has 1 fully saturated rings. The molecule has 1 rings (SSSR count). The van der Waals surface area contributed by atoms with Crippen molar-refractivity contribution in [1.82, 2.24) is 10.6 Å². The molecule has 0 aromatic rings. The predicted octanol–water partition coefficient (Wildman–Crippen LogP) is 0.700. The molecule has 1 heterocycles. The van der Waals surface area contributed by atoms with Crippen LogP contribution in [0.15, 0.2) is 0 Å². The Labute approximate surface area is 121 Å². The zero-order chi connectivity index (χ0) is 13.6. The average Bonchev–Trinajstić information content (AvgIpc) is 2.43. The lowest BCUT2D eigenvalue weighted by Gasteiger charge is -2.35. The van der Waals surface area contributed by atoms with Crippen molar-refractivity contribution in [2.24, 2.45) is 5.92 Å². The molecule has 1 amide bonds. The highest BCUT2D eigenvalue weighted by Crippen LogP contribution is 2.22. The van der Waals surface area contributed by atoms with E-state index in [9.17, 15) is 9.90 Å². The predicted molar refractivity (Wildman–Crippen MR) is 77.6 cm³/mol. The summed E-state index contributed by atoms with van der Waals surface area (Å²) in [6.45, 7) is 5.88. The minimum absolute atomic E-state index is 0. The van der Waals surface area contributed by atoms with Gasteiger partial charge in [-0.15, -0.1) is 12.4 Å². The van der Waals surface area contributed by atoms with Crippen molar-refractivity contribution in [1.29, 1.82) is 0 Å². The van der Waals surface area contributed by atoms with E-state index in [1.54, 1.807) is 7.11 Å². The summed E-state index contributed by atoms with van der Waals surface area (Å²) in [5.41, 5.74) is -0.722. The van der Waals surface area contributed by atoms with Crippen molar-refractivity contribution in [3.8, 4) is 0 Å². The second kappa shape index (κ2) is 8.74. The summed E-state index contributed by atoms with van der Waals surface area (Å²) in [7, 11) is 1.58. The second-order valence-electron chi connectivity index (χ2n) is 5.11. The van der Waals surface area contributed by atoms with Gasteiger partial charge in [0.1, 0.15) is 5.60 Å². The Kier molecular flexibility index (Phi) is 8.57. The number of aliphatic hydroxyl groups excluding tert-OH is 1. The zero-order valence-electron chi connectivity index (χ0n) is 12.1. The van der Waals surface area contributed by atoms with Crippen LogP contribution < -0.4 is 10.6 Å². The molecule has 0 aliphatic carbocycles. The highest BCUT2D eigenvalue weighted by Gasteiger charge is 2.39. The number of amides is 1. The maximum atomic E-state index is 12.2. The van der Waals surface area contributed by atoms with Crippen LogP contribution in [0, 0.1) is 5.92 Å². The smallest absolute Gasteiger partial charge is 0.252 e. The number of methoxy groups -OCH3 is 1. The molecule has 5 nitrogen and oxygen atoms in total. The van der Waals surface area contributed by atoms with Gasteiger partial charge in [0.2, 0.25) is 0 Å². The third kappa shape index (κ3) is 4.91. The highest BCUT2D eigenvalue weighted by molar-refractivity contribution is 5.85. The van der Waals surface area contributed by atoms with Crippen LogP contribution in [0.5, 0.6) is 0 Å². The minimum Gasteiger partial charge on any atom is -0.391 e. The lowest BCUT2D eigenvalue weighted by molar-refractivity contribution is -0.147. The van der Waals surface area contributed by atoms with Crippen LogP contribution in [-0.2, 0) is 9.53 Å². The van der Waals surface area contributed by atoms with Gasteiger partial charge in [-0.3, -0.25) is 4.79 Å². The Morgan fingerprint density at radius 1 is 1.47 bits per heavy atom. The molecule has 2 atom stereocenters. The maximum Gasteiger partial charge on any atom is 0.252 e. The number of hydrogen-bond donors (Lipinski definition) is 3. The molecule has 0 saturated carbocycles. The van der Waals surface area contributed by atoms with E-state index in [0.29, 0.717) is 19.4 Å². The van der Waals surface area contributed by atoms with Crippen LogP contribution in [0.3, 0.4) is 0 Å². The monoisotopic (exact) mass is 294 g/mol. The van der Waals surface area contributed by atoms with E-state index < -0.39 is 11.7 Å². The maximum absolute atomic E-state index is 12.2. The lowest BCUT2D eigenvalue weighted by Crippen LogP contribution is -2.55. The van der Waals surface area contributed by atoms with Crippen molar-refractivity contribution in [2.75, 3.05) is 26.7 Å². The van der Waals surface area contributed by atoms with Gasteiger partial charge in [0, 0.05) is 13.7 Å². The molecule has 0 aromatic heterocycles. The van der Waals surface area contributed by atoms with Crippen LogP contribution in [0.25, 0.3) is 0 Å². The molecular formula is C13H27ClN2O3. The van der Waals surface area contributed by atoms with Gasteiger partial charge < -0.3 is 20.5 Å². The van der Waals surface area contributed by atoms with Gasteiger partial charge >= 0.3 is 0 Å². The summed E-state index contributed by atoms with van der Waals surface area (Å²) in [6.07, 6.45) is 1.76. The molecule has 0 radical (unpaired) electrons. The first-order chi connectivity index (χ1) is 8.55. The van der Waals surface area contributed by atoms with Gasteiger partial charge in [-0.25, -0.2) is 0 Å². The standard InChI is InChI=1S/C13H26N2O3.ClH/c1-4-10(2)11(16)9-15-12(17)13(18-3)5-7-14-8-6-13;/h10-11,14,16H,4-9H2,1-3H3,(H,15,17);1H. The molecule has 3 N–H and O–H groups in total. The number of halogens is 1. The first-order valence-corrected chi connectivity index (χ1v) is 6.78. The molecule has 2 unspecified atom stereocenters. The molecule has 6 heteroatoms. The van der Waals surface area contributed by atoms with Crippen LogP contribution in [0.4, 0.5) is 0 Å². The summed E-state index contributed by atoms with van der Waals surface area (Å²) in [5.74, 6) is 0.0886. The molecule has 19 heavy (non-hydrogen) atoms. The normalized spacial score (nSPS) is 21.1. The molecule has 1 aliphatic rings. The summed E-state index contributed by atoms with van der Waals surface area (Å²) >= 11 is 0. The number of carbonyl (C=O) groups excluding carboxylic acids is 1. The quantitative estimate of drug-likeness (QED) is 0.674. The van der Waals surface area contributed by atoms with Crippen LogP contribution in [-0.4, -0.2) is 49.5 Å². The van der Waals surface area contributed by atoms with Gasteiger partial charge in [0.05, 0.1) is 6.10 Å². The zero-order valence-corrected chi connectivity index (χ0v) is 12.9. The molecule has 1 saturated heterocycles. The molecular weight excluding hydrogens is 268 g/mol. The molecule has 0 aromatic carbocycles. The molecule has 1 aliphatic heterocycles. The van der Waals surface area contributed by atoms with Gasteiger partial charge in [0.15, 0.2) is 0 Å². The second-order valence-corrected chi connectivity index (χ2v) is 5.11. The van der Waals surface area contributed by atoms with E-state index in [-0.39, 0.29) is 24.2 Å². The number of carbonyl (C=O) groups is 1. The molecule has 114 valence electrons. The van der Waals surface area contributed by atoms with E-state index in [4.69, 9.17) is 4.74 Å². The Hall–Kier alpha value is -0.360. The number of piperidine rings is 1. The van der Waals surface area contributed by atoms with E-state index >= 15 is 0 Å². The summed E-state index contributed by atoms with van der Waals surface area (Å²) in [6, 6.07) is 0. The van der Waals surface area contributed by atoms with E-state index in [1.165, 1.54) is 0 Å². The fraction of sp³-hybridized carbons (Fsp3) is 0.923. The Morgan fingerprint density at radius 3 is 2.53 bits per heavy atom. The topological polar surface area (TPSA) is 70.6 Å². The van der Waals surface area contributed by atoms with Gasteiger partial charge in [0.25, 0.3) is 5.91 Å². The molecule has 0 bridgehead atoms. The van der Waals surface area contributed by atoms with Crippen molar-refractivity contribution >= 4 is 18.3 Å². The van der Waals surface area contributed by atoms with E-state index in [2.05, 4.69) is 10.6 Å². The van der Waals surface area contributed by atoms with Gasteiger partial charge in [-0.05, 0) is 31.8 Å². The molecule has 0 spiro atoms. The Morgan fingerprint density at radius 2 is 2.05 bits per heavy atom. The summed E-state index contributed by atoms with van der Waals surface area (Å²) in [4.78, 5) is 12.2. The fourth-order valence-corrected chi connectivity index (χ4v) is 2.19. The van der Waals surface area contributed by atoms with Crippen molar-refractivity contribution in [3.05, 3.63) is 0 Å². The third-order valence-corrected chi connectivity index (χ3v) is 3.99. The first kappa shape index (κ1) is 18.6.